The number of hydrogen-bond donors (Lipinski definition) is 2. The fraction of sp³-hybridized carbons (Fsp3) is 0.471. The van der Waals surface area contributed by atoms with Gasteiger partial charge in [0.1, 0.15) is 0 Å². The molecule has 1 unspecified atom stereocenters. The number of benzene rings is 1. The van der Waals surface area contributed by atoms with Gasteiger partial charge in [-0.3, -0.25) is 4.79 Å². The fourth-order valence-electron chi connectivity index (χ4n) is 2.28. The molecule has 2 N–H and O–H groups in total. The molecular formula is C17H21N3O3. The number of rotatable bonds is 7. The number of carbonyl (C=O) groups is 1. The molecule has 1 atom stereocenters. The maximum absolute atomic E-state index is 12.0. The summed E-state index contributed by atoms with van der Waals surface area (Å²) in [6.45, 7) is 2.38. The van der Waals surface area contributed by atoms with Crippen LogP contribution in [0.4, 0.5) is 0 Å². The second kappa shape index (κ2) is 6.91. The van der Waals surface area contributed by atoms with Crippen LogP contribution in [0.2, 0.25) is 0 Å². The predicted molar refractivity (Wildman–Crippen MR) is 85.0 cm³/mol. The van der Waals surface area contributed by atoms with Crippen molar-refractivity contribution in [2.45, 2.75) is 44.6 Å². The molecule has 2 aromatic rings. The normalized spacial score (nSPS) is 15.4. The van der Waals surface area contributed by atoms with Crippen LogP contribution in [0.15, 0.2) is 28.8 Å². The standard InChI is InChI=1S/C17H21N3O3/c1-2-14(21)9-10-18-16(22)12-5-7-13(8-6-12)17-19-15(20-23-17)11-3-4-11/h5-8,11,14,21H,2-4,9-10H2,1H3,(H,18,22). The first-order chi connectivity index (χ1) is 11.2. The highest BCUT2D eigenvalue weighted by Crippen LogP contribution is 2.38. The number of amides is 1. The Balaban J connectivity index is 1.58. The molecule has 6 nitrogen and oxygen atoms in total. The monoisotopic (exact) mass is 315 g/mol. The molecule has 0 saturated heterocycles. The Kier molecular flexibility index (Phi) is 4.71. The molecule has 1 aliphatic rings. The van der Waals surface area contributed by atoms with Crippen LogP contribution in [0.1, 0.15) is 54.7 Å². The van der Waals surface area contributed by atoms with E-state index in [0.29, 0.717) is 36.8 Å². The summed E-state index contributed by atoms with van der Waals surface area (Å²) in [4.78, 5) is 16.4. The summed E-state index contributed by atoms with van der Waals surface area (Å²) in [7, 11) is 0. The SMILES string of the molecule is CCC(O)CCNC(=O)c1ccc(-c2nc(C3CC3)no2)cc1. The Morgan fingerprint density at radius 3 is 2.78 bits per heavy atom. The highest BCUT2D eigenvalue weighted by molar-refractivity contribution is 5.94. The van der Waals surface area contributed by atoms with Crippen LogP contribution in [0.25, 0.3) is 11.5 Å². The zero-order valence-corrected chi connectivity index (χ0v) is 13.2. The van der Waals surface area contributed by atoms with Gasteiger partial charge in [-0.05, 0) is 49.9 Å². The molecule has 23 heavy (non-hydrogen) atoms. The molecule has 122 valence electrons. The Morgan fingerprint density at radius 2 is 2.13 bits per heavy atom. The average molecular weight is 315 g/mol. The first-order valence-electron chi connectivity index (χ1n) is 8.07. The van der Waals surface area contributed by atoms with E-state index in [2.05, 4.69) is 15.5 Å². The van der Waals surface area contributed by atoms with Crippen LogP contribution in [0.5, 0.6) is 0 Å². The third kappa shape index (κ3) is 3.96. The minimum Gasteiger partial charge on any atom is -0.393 e. The summed E-state index contributed by atoms with van der Waals surface area (Å²) in [5, 5.41) is 16.3. The van der Waals surface area contributed by atoms with Gasteiger partial charge in [-0.2, -0.15) is 4.98 Å². The van der Waals surface area contributed by atoms with E-state index in [1.54, 1.807) is 24.3 Å². The average Bonchev–Trinajstić information content (AvgIpc) is 3.32. The zero-order valence-electron chi connectivity index (χ0n) is 13.2. The Labute approximate surface area is 134 Å². The van der Waals surface area contributed by atoms with Gasteiger partial charge in [0, 0.05) is 23.6 Å². The number of aliphatic hydroxyl groups excluding tert-OH is 1. The van der Waals surface area contributed by atoms with Gasteiger partial charge in [-0.15, -0.1) is 0 Å². The summed E-state index contributed by atoms with van der Waals surface area (Å²) >= 11 is 0. The van der Waals surface area contributed by atoms with Gasteiger partial charge in [0.05, 0.1) is 6.10 Å². The van der Waals surface area contributed by atoms with Crippen molar-refractivity contribution in [3.8, 4) is 11.5 Å². The van der Waals surface area contributed by atoms with Crippen molar-refractivity contribution < 1.29 is 14.4 Å². The minimum absolute atomic E-state index is 0.149. The van der Waals surface area contributed by atoms with Crippen LogP contribution in [0.3, 0.4) is 0 Å². The first kappa shape index (κ1) is 15.7. The van der Waals surface area contributed by atoms with Crippen molar-refractivity contribution >= 4 is 5.91 Å². The smallest absolute Gasteiger partial charge is 0.257 e. The maximum Gasteiger partial charge on any atom is 0.257 e. The third-order valence-corrected chi connectivity index (χ3v) is 4.01. The van der Waals surface area contributed by atoms with Gasteiger partial charge in [-0.25, -0.2) is 0 Å². The van der Waals surface area contributed by atoms with Crippen LogP contribution in [-0.2, 0) is 0 Å². The minimum atomic E-state index is -0.365. The molecule has 1 aromatic heterocycles. The molecule has 1 fully saturated rings. The van der Waals surface area contributed by atoms with Crippen LogP contribution >= 0.6 is 0 Å². The molecule has 0 radical (unpaired) electrons. The third-order valence-electron chi connectivity index (χ3n) is 4.01. The van der Waals surface area contributed by atoms with Crippen molar-refractivity contribution in [1.82, 2.24) is 15.5 Å². The molecule has 1 heterocycles. The number of aromatic nitrogens is 2. The van der Waals surface area contributed by atoms with E-state index >= 15 is 0 Å². The number of carbonyl (C=O) groups excluding carboxylic acids is 1. The van der Waals surface area contributed by atoms with Crippen LogP contribution < -0.4 is 5.32 Å². The topological polar surface area (TPSA) is 88.2 Å². The highest BCUT2D eigenvalue weighted by atomic mass is 16.5. The number of aliphatic hydroxyl groups is 1. The van der Waals surface area contributed by atoms with Gasteiger partial charge >= 0.3 is 0 Å². The Bertz CT molecular complexity index is 662. The molecule has 1 saturated carbocycles. The van der Waals surface area contributed by atoms with Gasteiger partial charge < -0.3 is 14.9 Å². The maximum atomic E-state index is 12.0. The molecule has 1 amide bonds. The predicted octanol–water partition coefficient (Wildman–Crippen LogP) is 2.50. The largest absolute Gasteiger partial charge is 0.393 e. The van der Waals surface area contributed by atoms with E-state index in [9.17, 15) is 9.90 Å². The van der Waals surface area contributed by atoms with Crippen molar-refractivity contribution in [3.05, 3.63) is 35.7 Å². The number of hydrogen-bond acceptors (Lipinski definition) is 5. The quantitative estimate of drug-likeness (QED) is 0.819. The Morgan fingerprint density at radius 1 is 1.39 bits per heavy atom. The summed E-state index contributed by atoms with van der Waals surface area (Å²) in [5.41, 5.74) is 1.38. The van der Waals surface area contributed by atoms with Gasteiger partial charge in [-0.1, -0.05) is 12.1 Å². The lowest BCUT2D eigenvalue weighted by Gasteiger charge is -2.09. The van der Waals surface area contributed by atoms with E-state index in [1.165, 1.54) is 0 Å². The van der Waals surface area contributed by atoms with Crippen molar-refractivity contribution in [2.24, 2.45) is 0 Å². The van der Waals surface area contributed by atoms with Crippen LogP contribution in [-0.4, -0.2) is 33.8 Å². The summed E-state index contributed by atoms with van der Waals surface area (Å²) in [6, 6.07) is 7.09. The number of nitrogens with zero attached hydrogens (tertiary/aromatic N) is 2. The van der Waals surface area contributed by atoms with Gasteiger partial charge in [0.2, 0.25) is 0 Å². The van der Waals surface area contributed by atoms with Crippen molar-refractivity contribution in [1.29, 1.82) is 0 Å². The second-order valence-electron chi connectivity index (χ2n) is 5.92. The first-order valence-corrected chi connectivity index (χ1v) is 8.07. The molecule has 0 spiro atoms. The lowest BCUT2D eigenvalue weighted by atomic mass is 10.1. The molecule has 6 heteroatoms. The van der Waals surface area contributed by atoms with Gasteiger partial charge in [0.25, 0.3) is 11.8 Å². The summed E-state index contributed by atoms with van der Waals surface area (Å²) in [5.74, 6) is 1.57. The van der Waals surface area contributed by atoms with E-state index in [1.807, 2.05) is 6.92 Å². The zero-order chi connectivity index (χ0) is 16.2. The lowest BCUT2D eigenvalue weighted by molar-refractivity contribution is 0.0942. The molecule has 1 aliphatic carbocycles. The van der Waals surface area contributed by atoms with Crippen LogP contribution in [0, 0.1) is 0 Å². The second-order valence-corrected chi connectivity index (χ2v) is 5.92. The molecule has 0 bridgehead atoms. The van der Waals surface area contributed by atoms with Crippen molar-refractivity contribution in [3.63, 3.8) is 0 Å². The van der Waals surface area contributed by atoms with E-state index in [0.717, 1.165) is 24.2 Å². The molecule has 1 aromatic carbocycles. The molecular weight excluding hydrogens is 294 g/mol. The van der Waals surface area contributed by atoms with Gasteiger partial charge in [0.15, 0.2) is 5.82 Å². The van der Waals surface area contributed by atoms with Crippen molar-refractivity contribution in [2.75, 3.05) is 6.54 Å². The summed E-state index contributed by atoms with van der Waals surface area (Å²) < 4.78 is 5.27. The summed E-state index contributed by atoms with van der Waals surface area (Å²) in [6.07, 6.45) is 3.15. The van der Waals surface area contributed by atoms with E-state index in [4.69, 9.17) is 4.52 Å². The lowest BCUT2D eigenvalue weighted by Crippen LogP contribution is -2.26. The van der Waals surface area contributed by atoms with E-state index in [-0.39, 0.29) is 12.0 Å². The fourth-order valence-corrected chi connectivity index (χ4v) is 2.28. The molecule has 0 aliphatic heterocycles. The number of nitrogens with one attached hydrogen (secondary N) is 1. The Hall–Kier alpha value is -2.21. The highest BCUT2D eigenvalue weighted by Gasteiger charge is 2.28. The van der Waals surface area contributed by atoms with E-state index < -0.39 is 0 Å². The molecule has 3 rings (SSSR count).